The number of nitrogens with one attached hydrogen (secondary N) is 1. The summed E-state index contributed by atoms with van der Waals surface area (Å²) in [6.45, 7) is 3.54. The third-order valence-electron chi connectivity index (χ3n) is 5.56. The number of benzene rings is 1. The van der Waals surface area contributed by atoms with Crippen molar-refractivity contribution in [3.05, 3.63) is 39.6 Å². The van der Waals surface area contributed by atoms with Crippen molar-refractivity contribution in [2.24, 2.45) is 5.92 Å². The van der Waals surface area contributed by atoms with Crippen LogP contribution in [0.5, 0.6) is 5.75 Å². The van der Waals surface area contributed by atoms with Crippen molar-refractivity contribution < 1.29 is 22.7 Å². The second kappa shape index (κ2) is 8.66. The lowest BCUT2D eigenvalue weighted by atomic mass is 9.90. The van der Waals surface area contributed by atoms with Crippen molar-refractivity contribution in [2.75, 3.05) is 38.7 Å². The molecule has 30 heavy (non-hydrogen) atoms. The van der Waals surface area contributed by atoms with E-state index in [9.17, 15) is 13.2 Å². The van der Waals surface area contributed by atoms with Crippen LogP contribution in [0.25, 0.3) is 0 Å². The Kier molecular flexibility index (Phi) is 6.15. The summed E-state index contributed by atoms with van der Waals surface area (Å²) in [7, 11) is -2.32. The first-order valence-electron chi connectivity index (χ1n) is 10.1. The van der Waals surface area contributed by atoms with Gasteiger partial charge in [0, 0.05) is 23.7 Å². The highest BCUT2D eigenvalue weighted by Gasteiger charge is 2.30. The van der Waals surface area contributed by atoms with E-state index in [-0.39, 0.29) is 16.6 Å². The molecule has 1 aliphatic carbocycles. The predicted molar refractivity (Wildman–Crippen MR) is 116 cm³/mol. The van der Waals surface area contributed by atoms with E-state index in [0.717, 1.165) is 19.3 Å². The van der Waals surface area contributed by atoms with Gasteiger partial charge in [-0.2, -0.15) is 4.31 Å². The number of aryl methyl sites for hydroxylation is 1. The van der Waals surface area contributed by atoms with E-state index in [1.54, 1.807) is 12.1 Å². The molecule has 4 rings (SSSR count). The number of carbonyl (C=O) groups excluding carboxylic acids is 1. The van der Waals surface area contributed by atoms with Crippen LogP contribution in [-0.4, -0.2) is 52.0 Å². The molecular formula is C21H26N2O5S2. The number of sulfonamides is 1. The van der Waals surface area contributed by atoms with Gasteiger partial charge in [-0.15, -0.1) is 11.3 Å². The van der Waals surface area contributed by atoms with E-state index < -0.39 is 10.0 Å². The molecule has 1 N–H and O–H groups in total. The summed E-state index contributed by atoms with van der Waals surface area (Å²) in [4.78, 5) is 14.8. The maximum atomic E-state index is 13.1. The molecular weight excluding hydrogens is 424 g/mol. The van der Waals surface area contributed by atoms with E-state index >= 15 is 0 Å². The minimum Gasteiger partial charge on any atom is -0.495 e. The molecule has 2 aliphatic rings. The molecule has 1 aromatic carbocycles. The van der Waals surface area contributed by atoms with Gasteiger partial charge in [0.05, 0.1) is 25.2 Å². The van der Waals surface area contributed by atoms with Crippen molar-refractivity contribution in [2.45, 2.75) is 31.1 Å². The second-order valence-corrected chi connectivity index (χ2v) is 10.8. The first kappa shape index (κ1) is 21.3. The number of ether oxygens (including phenoxy) is 2. The van der Waals surface area contributed by atoms with Gasteiger partial charge in [-0.05, 0) is 55.0 Å². The summed E-state index contributed by atoms with van der Waals surface area (Å²) in [5, 5.41) is 2.85. The Bertz CT molecular complexity index is 1040. The van der Waals surface area contributed by atoms with Gasteiger partial charge in [0.2, 0.25) is 10.0 Å². The van der Waals surface area contributed by atoms with E-state index in [1.807, 2.05) is 6.07 Å². The molecule has 1 aliphatic heterocycles. The summed E-state index contributed by atoms with van der Waals surface area (Å²) < 4.78 is 38.2. The third-order valence-corrected chi connectivity index (χ3v) is 8.72. The molecule has 1 atom stereocenters. The summed E-state index contributed by atoms with van der Waals surface area (Å²) in [6.07, 6.45) is 3.17. The first-order valence-corrected chi connectivity index (χ1v) is 12.3. The lowest BCUT2D eigenvalue weighted by molar-refractivity contribution is 0.0729. The predicted octanol–water partition coefficient (Wildman–Crippen LogP) is 3.15. The average Bonchev–Trinajstić information content (AvgIpc) is 3.17. The van der Waals surface area contributed by atoms with Crippen LogP contribution in [0.4, 0.5) is 5.69 Å². The van der Waals surface area contributed by atoms with Crippen LogP contribution in [0.2, 0.25) is 0 Å². The van der Waals surface area contributed by atoms with Crippen molar-refractivity contribution >= 4 is 33.0 Å². The molecule has 2 aromatic rings. The average molecular weight is 451 g/mol. The largest absolute Gasteiger partial charge is 0.495 e. The number of anilines is 1. The Morgan fingerprint density at radius 3 is 2.77 bits per heavy atom. The zero-order chi connectivity index (χ0) is 21.3. The third kappa shape index (κ3) is 4.25. The number of nitrogens with zero attached hydrogens (tertiary/aromatic N) is 1. The van der Waals surface area contributed by atoms with Crippen molar-refractivity contribution in [3.8, 4) is 5.75 Å². The van der Waals surface area contributed by atoms with Crippen LogP contribution in [0.1, 0.15) is 33.5 Å². The van der Waals surface area contributed by atoms with E-state index in [1.165, 1.54) is 39.3 Å². The second-order valence-electron chi connectivity index (χ2n) is 7.74. The highest BCUT2D eigenvalue weighted by Crippen LogP contribution is 2.34. The van der Waals surface area contributed by atoms with Crippen LogP contribution >= 0.6 is 11.3 Å². The van der Waals surface area contributed by atoms with Crippen LogP contribution in [0.3, 0.4) is 0 Å². The molecule has 1 fully saturated rings. The highest BCUT2D eigenvalue weighted by molar-refractivity contribution is 7.89. The maximum absolute atomic E-state index is 13.1. The number of methoxy groups -OCH3 is 1. The van der Waals surface area contributed by atoms with Crippen LogP contribution < -0.4 is 10.1 Å². The molecule has 0 radical (unpaired) electrons. The van der Waals surface area contributed by atoms with Gasteiger partial charge in [0.1, 0.15) is 10.6 Å². The monoisotopic (exact) mass is 450 g/mol. The van der Waals surface area contributed by atoms with Crippen molar-refractivity contribution in [1.82, 2.24) is 4.31 Å². The van der Waals surface area contributed by atoms with E-state index in [0.29, 0.717) is 42.8 Å². The summed E-state index contributed by atoms with van der Waals surface area (Å²) >= 11 is 1.53. The van der Waals surface area contributed by atoms with Gasteiger partial charge in [-0.1, -0.05) is 6.92 Å². The van der Waals surface area contributed by atoms with Gasteiger partial charge in [-0.25, -0.2) is 8.42 Å². The standard InChI is InChI=1S/C21H26N2O5S2/c1-14-3-6-18-15(11-14)12-19(29-18)21(24)22-16-4-5-17(27-2)20(13-16)30(25,26)23-7-9-28-10-8-23/h4-5,12-14H,3,6-11H2,1-2H3,(H,22,24)/t14-/m1/s1. The van der Waals surface area contributed by atoms with Gasteiger partial charge < -0.3 is 14.8 Å². The molecule has 9 heteroatoms. The van der Waals surface area contributed by atoms with Crippen molar-refractivity contribution in [1.29, 1.82) is 0 Å². The number of carbonyl (C=O) groups is 1. The summed E-state index contributed by atoms with van der Waals surface area (Å²) in [6, 6.07) is 6.67. The van der Waals surface area contributed by atoms with Crippen LogP contribution in [0, 0.1) is 5.92 Å². The fourth-order valence-corrected chi connectivity index (χ4v) is 6.59. The molecule has 0 saturated carbocycles. The Morgan fingerprint density at radius 2 is 2.03 bits per heavy atom. The molecule has 1 saturated heterocycles. The number of thiophene rings is 1. The zero-order valence-corrected chi connectivity index (χ0v) is 18.8. The summed E-state index contributed by atoms with van der Waals surface area (Å²) in [5.74, 6) is 0.666. The number of morpholine rings is 1. The zero-order valence-electron chi connectivity index (χ0n) is 17.1. The van der Waals surface area contributed by atoms with Gasteiger partial charge in [-0.3, -0.25) is 4.79 Å². The molecule has 0 spiro atoms. The molecule has 162 valence electrons. The van der Waals surface area contributed by atoms with Crippen LogP contribution in [-0.2, 0) is 27.6 Å². The number of fused-ring (bicyclic) bond motifs is 1. The lowest BCUT2D eigenvalue weighted by Crippen LogP contribution is -2.40. The number of hydrogen-bond donors (Lipinski definition) is 1. The Morgan fingerprint density at radius 1 is 1.27 bits per heavy atom. The first-order chi connectivity index (χ1) is 14.4. The highest BCUT2D eigenvalue weighted by atomic mass is 32.2. The fraction of sp³-hybridized carbons (Fsp3) is 0.476. The SMILES string of the molecule is COc1ccc(NC(=O)c2cc3c(s2)CC[C@@H](C)C3)cc1S(=O)(=O)N1CCOCC1. The Hall–Kier alpha value is -1.94. The fourth-order valence-electron chi connectivity index (χ4n) is 3.89. The van der Waals surface area contributed by atoms with Crippen LogP contribution in [0.15, 0.2) is 29.2 Å². The van der Waals surface area contributed by atoms with Gasteiger partial charge in [0.25, 0.3) is 5.91 Å². The summed E-state index contributed by atoms with van der Waals surface area (Å²) in [5.41, 5.74) is 1.68. The molecule has 7 nitrogen and oxygen atoms in total. The van der Waals surface area contributed by atoms with Crippen molar-refractivity contribution in [3.63, 3.8) is 0 Å². The topological polar surface area (TPSA) is 84.9 Å². The molecule has 0 bridgehead atoms. The lowest BCUT2D eigenvalue weighted by Gasteiger charge is -2.26. The molecule has 1 amide bonds. The smallest absolute Gasteiger partial charge is 0.265 e. The Labute approximate surface area is 181 Å². The molecule has 0 unspecified atom stereocenters. The van der Waals surface area contributed by atoms with E-state index in [2.05, 4.69) is 12.2 Å². The minimum atomic E-state index is -3.76. The number of rotatable bonds is 5. The maximum Gasteiger partial charge on any atom is 0.265 e. The minimum absolute atomic E-state index is 0.0454. The quantitative estimate of drug-likeness (QED) is 0.756. The van der Waals surface area contributed by atoms with Gasteiger partial charge >= 0.3 is 0 Å². The van der Waals surface area contributed by atoms with Gasteiger partial charge in [0.15, 0.2) is 0 Å². The molecule has 2 heterocycles. The molecule has 1 aromatic heterocycles. The van der Waals surface area contributed by atoms with E-state index in [4.69, 9.17) is 9.47 Å². The normalized spacial score (nSPS) is 19.9. The number of amides is 1. The Balaban J connectivity index is 1.58. The number of hydrogen-bond acceptors (Lipinski definition) is 6.